The van der Waals surface area contributed by atoms with Crippen LogP contribution in [0.5, 0.6) is 0 Å². The Morgan fingerprint density at radius 2 is 0.615 bits per heavy atom. The van der Waals surface area contributed by atoms with Crippen LogP contribution in [0.4, 0.5) is 0 Å². The first-order valence-corrected chi connectivity index (χ1v) is 17.4. The molecule has 7 aromatic carbocycles. The Kier molecular flexibility index (Phi) is 8.16. The van der Waals surface area contributed by atoms with Gasteiger partial charge in [-0.1, -0.05) is 164 Å². The van der Waals surface area contributed by atoms with Crippen LogP contribution in [-0.2, 0) is 0 Å². The van der Waals surface area contributed by atoms with Gasteiger partial charge in [-0.05, 0) is 63.0 Å². The van der Waals surface area contributed by atoms with Crippen LogP contribution in [0.3, 0.4) is 0 Å². The minimum absolute atomic E-state index is 0.596. The lowest BCUT2D eigenvalue weighted by atomic mass is 9.97. The number of fused-ring (bicyclic) bond motifs is 1. The minimum atomic E-state index is 0.596. The first kappa shape index (κ1) is 31.0. The molecule has 0 aliphatic carbocycles. The Hall–Kier alpha value is -7.04. The monoisotopic (exact) mass is 664 g/mol. The maximum atomic E-state index is 5.14. The number of hydrogen-bond acceptors (Lipinski definition) is 4. The van der Waals surface area contributed by atoms with E-state index in [-0.39, 0.29) is 0 Å². The van der Waals surface area contributed by atoms with E-state index in [2.05, 4.69) is 164 Å². The maximum absolute atomic E-state index is 5.14. The summed E-state index contributed by atoms with van der Waals surface area (Å²) in [6.45, 7) is 0. The van der Waals surface area contributed by atoms with Crippen LogP contribution < -0.4 is 0 Å². The normalized spacial score (nSPS) is 11.1. The molecule has 0 unspecified atom stereocenters. The molecule has 0 atom stereocenters. The van der Waals surface area contributed by atoms with Crippen molar-refractivity contribution in [3.8, 4) is 78.8 Å². The summed E-state index contributed by atoms with van der Waals surface area (Å²) >= 11 is 0. The molecule has 0 radical (unpaired) electrons. The fourth-order valence-electron chi connectivity index (χ4n) is 6.59. The van der Waals surface area contributed by atoms with Gasteiger partial charge in [0.05, 0.1) is 5.69 Å². The highest BCUT2D eigenvalue weighted by Crippen LogP contribution is 2.34. The molecule has 52 heavy (non-hydrogen) atoms. The molecule has 0 bridgehead atoms. The van der Waals surface area contributed by atoms with Crippen molar-refractivity contribution >= 4 is 10.8 Å². The van der Waals surface area contributed by atoms with Gasteiger partial charge in [-0.25, -0.2) is 15.0 Å². The third kappa shape index (κ3) is 6.37. The van der Waals surface area contributed by atoms with E-state index < -0.39 is 0 Å². The van der Waals surface area contributed by atoms with Crippen molar-refractivity contribution in [1.29, 1.82) is 0 Å². The van der Waals surface area contributed by atoms with Crippen molar-refractivity contribution < 1.29 is 0 Å². The van der Waals surface area contributed by atoms with E-state index in [1.165, 1.54) is 0 Å². The molecule has 0 fully saturated rings. The third-order valence-corrected chi connectivity index (χ3v) is 9.36. The highest BCUT2D eigenvalue weighted by Gasteiger charge is 2.16. The number of pyridine rings is 1. The average molecular weight is 665 g/mol. The minimum Gasteiger partial charge on any atom is -0.256 e. The van der Waals surface area contributed by atoms with Crippen LogP contribution in [0.2, 0.25) is 0 Å². The van der Waals surface area contributed by atoms with Crippen molar-refractivity contribution in [3.63, 3.8) is 0 Å². The Bertz CT molecular complexity index is 2540. The zero-order valence-electron chi connectivity index (χ0n) is 28.3. The Morgan fingerprint density at radius 1 is 0.250 bits per heavy atom. The number of benzene rings is 7. The molecule has 2 heterocycles. The zero-order valence-corrected chi connectivity index (χ0v) is 28.3. The fraction of sp³-hybridized carbons (Fsp3) is 0. The Balaban J connectivity index is 1.20. The van der Waals surface area contributed by atoms with Gasteiger partial charge in [0.2, 0.25) is 0 Å². The second-order valence-corrected chi connectivity index (χ2v) is 12.8. The van der Waals surface area contributed by atoms with Crippen molar-refractivity contribution in [3.05, 3.63) is 194 Å². The summed E-state index contributed by atoms with van der Waals surface area (Å²) in [6, 6.07) is 65.0. The number of hydrogen-bond donors (Lipinski definition) is 0. The van der Waals surface area contributed by atoms with E-state index in [9.17, 15) is 0 Å². The summed E-state index contributed by atoms with van der Waals surface area (Å²) in [4.78, 5) is 20.2. The number of aromatic nitrogens is 4. The van der Waals surface area contributed by atoms with E-state index >= 15 is 0 Å². The number of nitrogens with zero attached hydrogens (tertiary/aromatic N) is 4. The van der Waals surface area contributed by atoms with Gasteiger partial charge in [-0.15, -0.1) is 0 Å². The largest absolute Gasteiger partial charge is 0.256 e. The molecule has 9 aromatic rings. The topological polar surface area (TPSA) is 51.6 Å². The van der Waals surface area contributed by atoms with Crippen LogP contribution in [0.15, 0.2) is 194 Å². The van der Waals surface area contributed by atoms with E-state index in [4.69, 9.17) is 19.9 Å². The Morgan fingerprint density at radius 3 is 1.13 bits per heavy atom. The first-order chi connectivity index (χ1) is 25.7. The van der Waals surface area contributed by atoms with Gasteiger partial charge >= 0.3 is 0 Å². The summed E-state index contributed by atoms with van der Waals surface area (Å²) in [5, 5.41) is 2.25. The van der Waals surface area contributed by atoms with Crippen molar-refractivity contribution in [1.82, 2.24) is 19.9 Å². The molecule has 0 spiro atoms. The smallest absolute Gasteiger partial charge is 0.164 e. The lowest BCUT2D eigenvalue weighted by molar-refractivity contribution is 1.07. The Labute approximate surface area is 302 Å². The van der Waals surface area contributed by atoms with Crippen LogP contribution in [0, 0.1) is 0 Å². The van der Waals surface area contributed by atoms with Crippen LogP contribution in [0.25, 0.3) is 89.6 Å². The molecule has 4 heteroatoms. The fourth-order valence-corrected chi connectivity index (χ4v) is 6.59. The molecule has 2 aromatic heterocycles. The molecule has 0 amide bonds. The van der Waals surface area contributed by atoms with Gasteiger partial charge in [0.25, 0.3) is 0 Å². The molecule has 0 saturated carbocycles. The molecular formula is C48H32N4. The predicted octanol–water partition coefficient (Wildman–Crippen LogP) is 12.1. The van der Waals surface area contributed by atoms with Crippen LogP contribution in [0.1, 0.15) is 0 Å². The van der Waals surface area contributed by atoms with Crippen LogP contribution in [-0.4, -0.2) is 19.9 Å². The highest BCUT2D eigenvalue weighted by atomic mass is 15.0. The molecule has 0 saturated heterocycles. The predicted molar refractivity (Wildman–Crippen MR) is 213 cm³/mol. The van der Waals surface area contributed by atoms with Gasteiger partial charge in [0.15, 0.2) is 17.5 Å². The zero-order chi connectivity index (χ0) is 34.7. The lowest BCUT2D eigenvalue weighted by Gasteiger charge is -2.13. The van der Waals surface area contributed by atoms with Crippen molar-refractivity contribution in [2.24, 2.45) is 0 Å². The van der Waals surface area contributed by atoms with E-state index in [1.54, 1.807) is 0 Å². The summed E-state index contributed by atoms with van der Waals surface area (Å²) in [5.41, 5.74) is 11.4. The molecule has 4 nitrogen and oxygen atoms in total. The van der Waals surface area contributed by atoms with Crippen molar-refractivity contribution in [2.45, 2.75) is 0 Å². The molecule has 0 aliphatic rings. The van der Waals surface area contributed by atoms with Gasteiger partial charge in [-0.3, -0.25) is 4.98 Å². The van der Waals surface area contributed by atoms with E-state index in [1.807, 2.05) is 30.5 Å². The van der Waals surface area contributed by atoms with Crippen LogP contribution >= 0.6 is 0 Å². The molecule has 244 valence electrons. The second-order valence-electron chi connectivity index (χ2n) is 12.8. The quantitative estimate of drug-likeness (QED) is 0.170. The van der Waals surface area contributed by atoms with Gasteiger partial charge in [0.1, 0.15) is 0 Å². The summed E-state index contributed by atoms with van der Waals surface area (Å²) in [6.07, 6.45) is 1.94. The second kappa shape index (κ2) is 13.7. The van der Waals surface area contributed by atoms with Gasteiger partial charge in [-0.2, -0.15) is 0 Å². The van der Waals surface area contributed by atoms with E-state index in [0.717, 1.165) is 72.1 Å². The SMILES string of the molecule is c1ccc(-c2ccc(-c3nc(-c4ccc(-c5ccccc5)cc4)nc(-c4cc(-c5ccccc5)cc(-c5cc6ccccc6cn5)c4)n3)cc2)cc1. The van der Waals surface area contributed by atoms with Crippen molar-refractivity contribution in [2.75, 3.05) is 0 Å². The third-order valence-electron chi connectivity index (χ3n) is 9.36. The summed E-state index contributed by atoms with van der Waals surface area (Å²) in [5.74, 6) is 1.82. The van der Waals surface area contributed by atoms with Gasteiger partial charge in [0, 0.05) is 33.8 Å². The molecule has 9 rings (SSSR count). The first-order valence-electron chi connectivity index (χ1n) is 17.4. The lowest BCUT2D eigenvalue weighted by Crippen LogP contribution is -2.01. The molecular weight excluding hydrogens is 633 g/mol. The maximum Gasteiger partial charge on any atom is 0.164 e. The molecule has 0 N–H and O–H groups in total. The summed E-state index contributed by atoms with van der Waals surface area (Å²) < 4.78 is 0. The number of rotatable bonds is 7. The van der Waals surface area contributed by atoms with E-state index in [0.29, 0.717) is 17.5 Å². The van der Waals surface area contributed by atoms with Gasteiger partial charge < -0.3 is 0 Å². The average Bonchev–Trinajstić information content (AvgIpc) is 3.24. The standard InChI is InChI=1S/C48H32N4/c1-4-12-33(13-5-1)36-20-24-38(25-21-36)46-50-47(39-26-22-37(23-27-39)34-14-6-2-7-15-34)52-48(51-46)44-29-42(35-16-8-3-9-17-35)28-43(30-44)45-31-40-18-10-11-19-41(40)32-49-45/h1-32H. The summed E-state index contributed by atoms with van der Waals surface area (Å²) in [7, 11) is 0. The highest BCUT2D eigenvalue weighted by molar-refractivity contribution is 5.87. The molecule has 0 aliphatic heterocycles.